The Kier molecular flexibility index (Phi) is 6.31. The summed E-state index contributed by atoms with van der Waals surface area (Å²) in [6, 6.07) is -0.884. The van der Waals surface area contributed by atoms with Crippen molar-refractivity contribution < 1.29 is 17.7 Å². The average molecular weight is 318 g/mol. The zero-order chi connectivity index (χ0) is 16.0. The maximum atomic E-state index is 12.2. The summed E-state index contributed by atoms with van der Waals surface area (Å²) in [6.07, 6.45) is 0. The molecule has 1 aromatic rings. The van der Waals surface area contributed by atoms with E-state index in [0.717, 1.165) is 6.54 Å². The molecule has 1 unspecified atom stereocenters. The molecule has 0 spiro atoms. The molecule has 1 amide bonds. The number of rotatable bonds is 8. The second-order valence-corrected chi connectivity index (χ2v) is 6.29. The normalized spacial score (nSPS) is 13.1. The highest BCUT2D eigenvalue weighted by molar-refractivity contribution is 7.89. The maximum Gasteiger partial charge on any atom is 0.246 e. The largest absolute Gasteiger partial charge is 0.360 e. The quantitative estimate of drug-likeness (QED) is 0.566. The molecule has 1 heterocycles. The number of nitrogens with zero attached hydrogens (tertiary/aromatic N) is 1. The molecular formula is C12H22N4O4S. The number of aromatic nitrogens is 1. The number of hydrogen-bond acceptors (Lipinski definition) is 6. The van der Waals surface area contributed by atoms with Crippen LogP contribution < -0.4 is 15.4 Å². The number of amides is 1. The Bertz CT molecular complexity index is 563. The van der Waals surface area contributed by atoms with Gasteiger partial charge in [0.1, 0.15) is 10.6 Å². The predicted molar refractivity (Wildman–Crippen MR) is 77.3 cm³/mol. The maximum absolute atomic E-state index is 12.2. The highest BCUT2D eigenvalue weighted by Crippen LogP contribution is 2.18. The molecule has 0 aliphatic rings. The third kappa shape index (κ3) is 4.80. The second kappa shape index (κ2) is 7.53. The molecule has 21 heavy (non-hydrogen) atoms. The Labute approximate surface area is 124 Å². The summed E-state index contributed by atoms with van der Waals surface area (Å²) < 4.78 is 31.6. The zero-order valence-corrected chi connectivity index (χ0v) is 13.5. The summed E-state index contributed by atoms with van der Waals surface area (Å²) in [5, 5.41) is 9.30. The van der Waals surface area contributed by atoms with Crippen molar-refractivity contribution in [3.63, 3.8) is 0 Å². The van der Waals surface area contributed by atoms with Crippen LogP contribution in [0.15, 0.2) is 9.42 Å². The molecule has 0 saturated heterocycles. The molecule has 0 aromatic carbocycles. The van der Waals surface area contributed by atoms with Gasteiger partial charge in [0, 0.05) is 13.1 Å². The third-order valence-electron chi connectivity index (χ3n) is 2.81. The van der Waals surface area contributed by atoms with Crippen molar-refractivity contribution >= 4 is 15.9 Å². The Morgan fingerprint density at radius 2 is 2.00 bits per heavy atom. The van der Waals surface area contributed by atoms with Crippen LogP contribution in [0.4, 0.5) is 0 Å². The SMILES string of the molecule is CCNCCNC(=O)C(C)NS(=O)(=O)c1c(C)noc1C. The molecule has 0 saturated carbocycles. The molecule has 0 aliphatic heterocycles. The van der Waals surface area contributed by atoms with E-state index in [2.05, 4.69) is 20.5 Å². The predicted octanol–water partition coefficient (Wildman–Crippen LogP) is -0.316. The van der Waals surface area contributed by atoms with E-state index < -0.39 is 16.1 Å². The van der Waals surface area contributed by atoms with Gasteiger partial charge in [-0.15, -0.1) is 0 Å². The standard InChI is InChI=1S/C12H22N4O4S/c1-5-13-6-7-14-12(17)9(3)16-21(18,19)11-8(2)15-20-10(11)4/h9,13,16H,5-7H2,1-4H3,(H,14,17). The van der Waals surface area contributed by atoms with Crippen LogP contribution in [-0.2, 0) is 14.8 Å². The Balaban J connectivity index is 2.65. The minimum absolute atomic E-state index is 0.0187. The summed E-state index contributed by atoms with van der Waals surface area (Å²) in [5.41, 5.74) is 0.264. The van der Waals surface area contributed by atoms with Gasteiger partial charge in [0.25, 0.3) is 0 Å². The van der Waals surface area contributed by atoms with Gasteiger partial charge in [-0.05, 0) is 27.3 Å². The number of aryl methyl sites for hydroxylation is 2. The fourth-order valence-electron chi connectivity index (χ4n) is 1.81. The van der Waals surface area contributed by atoms with E-state index >= 15 is 0 Å². The van der Waals surface area contributed by atoms with Crippen molar-refractivity contribution in [2.45, 2.75) is 38.6 Å². The molecule has 0 radical (unpaired) electrons. The van der Waals surface area contributed by atoms with Gasteiger partial charge < -0.3 is 15.2 Å². The number of sulfonamides is 1. The van der Waals surface area contributed by atoms with Crippen molar-refractivity contribution in [1.82, 2.24) is 20.5 Å². The lowest BCUT2D eigenvalue weighted by molar-refractivity contribution is -0.122. The lowest BCUT2D eigenvalue weighted by Gasteiger charge is -2.14. The van der Waals surface area contributed by atoms with Crippen molar-refractivity contribution in [2.24, 2.45) is 0 Å². The topological polar surface area (TPSA) is 113 Å². The lowest BCUT2D eigenvalue weighted by Crippen LogP contribution is -2.46. The average Bonchev–Trinajstić information content (AvgIpc) is 2.74. The molecule has 1 aromatic heterocycles. The van der Waals surface area contributed by atoms with Crippen LogP contribution in [0.2, 0.25) is 0 Å². The van der Waals surface area contributed by atoms with Crippen LogP contribution in [0, 0.1) is 13.8 Å². The minimum atomic E-state index is -3.84. The van der Waals surface area contributed by atoms with E-state index in [4.69, 9.17) is 4.52 Å². The number of likely N-dealkylation sites (N-methyl/N-ethyl adjacent to an activating group) is 1. The molecular weight excluding hydrogens is 296 g/mol. The Morgan fingerprint density at radius 1 is 1.33 bits per heavy atom. The van der Waals surface area contributed by atoms with Crippen LogP contribution in [0.1, 0.15) is 25.3 Å². The highest BCUT2D eigenvalue weighted by atomic mass is 32.2. The summed E-state index contributed by atoms with van der Waals surface area (Å²) in [4.78, 5) is 11.8. The zero-order valence-electron chi connectivity index (χ0n) is 12.7. The van der Waals surface area contributed by atoms with E-state index in [1.807, 2.05) is 6.92 Å². The number of hydrogen-bond donors (Lipinski definition) is 3. The van der Waals surface area contributed by atoms with Crippen molar-refractivity contribution in [2.75, 3.05) is 19.6 Å². The molecule has 1 rings (SSSR count). The molecule has 120 valence electrons. The first-order valence-electron chi connectivity index (χ1n) is 6.73. The summed E-state index contributed by atoms with van der Waals surface area (Å²) >= 11 is 0. The van der Waals surface area contributed by atoms with Crippen LogP contribution in [0.3, 0.4) is 0 Å². The minimum Gasteiger partial charge on any atom is -0.360 e. The van der Waals surface area contributed by atoms with Gasteiger partial charge in [0.15, 0.2) is 5.76 Å². The first kappa shape index (κ1) is 17.6. The van der Waals surface area contributed by atoms with Crippen LogP contribution in [0.25, 0.3) is 0 Å². The van der Waals surface area contributed by atoms with Crippen LogP contribution >= 0.6 is 0 Å². The van der Waals surface area contributed by atoms with Crippen molar-refractivity contribution in [3.8, 4) is 0 Å². The number of nitrogens with one attached hydrogen (secondary N) is 3. The third-order valence-corrected chi connectivity index (χ3v) is 4.60. The molecule has 0 bridgehead atoms. The van der Waals surface area contributed by atoms with E-state index in [-0.39, 0.29) is 22.3 Å². The van der Waals surface area contributed by atoms with Crippen LogP contribution in [0.5, 0.6) is 0 Å². The summed E-state index contributed by atoms with van der Waals surface area (Å²) in [5.74, 6) is -0.192. The number of carbonyl (C=O) groups is 1. The van der Waals surface area contributed by atoms with E-state index in [0.29, 0.717) is 13.1 Å². The first-order chi connectivity index (χ1) is 9.79. The molecule has 8 nitrogen and oxygen atoms in total. The molecule has 1 atom stereocenters. The van der Waals surface area contributed by atoms with Crippen molar-refractivity contribution in [1.29, 1.82) is 0 Å². The molecule has 0 aliphatic carbocycles. The summed E-state index contributed by atoms with van der Waals surface area (Å²) in [6.45, 7) is 8.36. The van der Waals surface area contributed by atoms with Gasteiger partial charge in [0.05, 0.1) is 6.04 Å². The van der Waals surface area contributed by atoms with Crippen molar-refractivity contribution in [3.05, 3.63) is 11.5 Å². The van der Waals surface area contributed by atoms with Gasteiger partial charge >= 0.3 is 0 Å². The monoisotopic (exact) mass is 318 g/mol. The summed E-state index contributed by atoms with van der Waals surface area (Å²) in [7, 11) is -3.84. The first-order valence-corrected chi connectivity index (χ1v) is 8.21. The van der Waals surface area contributed by atoms with Gasteiger partial charge in [0.2, 0.25) is 15.9 Å². The molecule has 3 N–H and O–H groups in total. The van der Waals surface area contributed by atoms with Gasteiger partial charge in [-0.3, -0.25) is 4.79 Å². The van der Waals surface area contributed by atoms with Gasteiger partial charge in [-0.25, -0.2) is 8.42 Å². The smallest absolute Gasteiger partial charge is 0.246 e. The van der Waals surface area contributed by atoms with Gasteiger partial charge in [-0.1, -0.05) is 12.1 Å². The Morgan fingerprint density at radius 3 is 2.52 bits per heavy atom. The Hall–Kier alpha value is -1.45. The fraction of sp³-hybridized carbons (Fsp3) is 0.667. The molecule has 0 fully saturated rings. The second-order valence-electron chi connectivity index (χ2n) is 4.64. The van der Waals surface area contributed by atoms with E-state index in [9.17, 15) is 13.2 Å². The lowest BCUT2D eigenvalue weighted by atomic mass is 10.3. The van der Waals surface area contributed by atoms with Gasteiger partial charge in [-0.2, -0.15) is 4.72 Å². The fourth-order valence-corrected chi connectivity index (χ4v) is 3.34. The van der Waals surface area contributed by atoms with Crippen LogP contribution in [-0.4, -0.2) is 45.2 Å². The highest BCUT2D eigenvalue weighted by Gasteiger charge is 2.27. The van der Waals surface area contributed by atoms with E-state index in [1.54, 1.807) is 0 Å². The van der Waals surface area contributed by atoms with E-state index in [1.165, 1.54) is 20.8 Å². The number of carbonyl (C=O) groups excluding carboxylic acids is 1. The molecule has 9 heteroatoms.